The van der Waals surface area contributed by atoms with Gasteiger partial charge in [-0.15, -0.1) is 0 Å². The van der Waals surface area contributed by atoms with E-state index in [1.54, 1.807) is 49.4 Å². The Labute approximate surface area is 177 Å². The fraction of sp³-hybridized carbons (Fsp3) is 0.280. The summed E-state index contributed by atoms with van der Waals surface area (Å²) in [5, 5.41) is 19.0. The fourth-order valence-electron chi connectivity index (χ4n) is 2.41. The van der Waals surface area contributed by atoms with Crippen molar-refractivity contribution in [3.8, 4) is 17.2 Å². The Hall–Kier alpha value is -3.34. The average molecular weight is 408 g/mol. The average Bonchev–Trinajstić information content (AvgIpc) is 3.50. The first-order valence-corrected chi connectivity index (χ1v) is 9.87. The van der Waals surface area contributed by atoms with Crippen LogP contribution in [0.1, 0.15) is 42.9 Å². The molecule has 1 fully saturated rings. The van der Waals surface area contributed by atoms with Crippen molar-refractivity contribution in [2.45, 2.75) is 33.1 Å². The quantitative estimate of drug-likeness (QED) is 0.493. The lowest BCUT2D eigenvalue weighted by molar-refractivity contribution is -0.121. The maximum Gasteiger partial charge on any atom is 0.163 e. The van der Waals surface area contributed by atoms with Crippen LogP contribution in [0.25, 0.3) is 12.2 Å². The van der Waals surface area contributed by atoms with Crippen molar-refractivity contribution in [3.63, 3.8) is 0 Å². The summed E-state index contributed by atoms with van der Waals surface area (Å²) < 4.78 is 5.00. The van der Waals surface area contributed by atoms with E-state index in [0.29, 0.717) is 16.9 Å². The molecule has 1 aliphatic rings. The Morgan fingerprint density at radius 2 is 1.47 bits per heavy atom. The Kier molecular flexibility index (Phi) is 8.41. The number of ether oxygens (including phenoxy) is 1. The highest BCUT2D eigenvalue weighted by molar-refractivity contribution is 6.10. The summed E-state index contributed by atoms with van der Waals surface area (Å²) in [5.74, 6) is 0.963. The second kappa shape index (κ2) is 11.0. The van der Waals surface area contributed by atoms with E-state index >= 15 is 0 Å². The van der Waals surface area contributed by atoms with Gasteiger partial charge >= 0.3 is 0 Å². The van der Waals surface area contributed by atoms with E-state index < -0.39 is 0 Å². The molecule has 5 nitrogen and oxygen atoms in total. The van der Waals surface area contributed by atoms with Gasteiger partial charge in [-0.3, -0.25) is 9.59 Å². The zero-order chi connectivity index (χ0) is 22.1. The first-order valence-electron chi connectivity index (χ1n) is 9.87. The molecule has 3 rings (SSSR count). The summed E-state index contributed by atoms with van der Waals surface area (Å²) in [6.07, 6.45) is 8.57. The number of aryl methyl sites for hydroxylation is 1. The largest absolute Gasteiger partial charge is 0.508 e. The summed E-state index contributed by atoms with van der Waals surface area (Å²) in [4.78, 5) is 23.8. The monoisotopic (exact) mass is 408 g/mol. The molecule has 0 radical (unpaired) electrons. The zero-order valence-electron chi connectivity index (χ0n) is 17.6. The van der Waals surface area contributed by atoms with E-state index in [4.69, 9.17) is 4.74 Å². The van der Waals surface area contributed by atoms with Crippen LogP contribution in [-0.2, 0) is 9.59 Å². The van der Waals surface area contributed by atoms with Crippen molar-refractivity contribution >= 4 is 23.7 Å². The van der Waals surface area contributed by atoms with Crippen LogP contribution in [0, 0.1) is 12.8 Å². The lowest BCUT2D eigenvalue weighted by Crippen LogP contribution is -2.01. The molecule has 0 atom stereocenters. The topological polar surface area (TPSA) is 83.8 Å². The minimum Gasteiger partial charge on any atom is -0.508 e. The Morgan fingerprint density at radius 1 is 0.967 bits per heavy atom. The number of aromatic hydroxyl groups is 2. The molecule has 0 bridgehead atoms. The third-order valence-electron chi connectivity index (χ3n) is 4.56. The molecule has 0 aromatic heterocycles. The molecular weight excluding hydrogens is 380 g/mol. The SMILES string of the molecule is CC1CC1.COc1cc(/C=C/C(=O)CC(=O)/C=C/c2ccc(O)c(C)c2)ccc1O. The molecule has 158 valence electrons. The highest BCUT2D eigenvalue weighted by Gasteiger charge is 2.12. The maximum atomic E-state index is 11.9. The number of rotatable bonds is 7. The number of phenolic OH excluding ortho intramolecular Hbond substituents is 2. The van der Waals surface area contributed by atoms with Gasteiger partial charge in [0.2, 0.25) is 0 Å². The second-order valence-electron chi connectivity index (χ2n) is 7.44. The lowest BCUT2D eigenvalue weighted by atomic mass is 10.1. The molecule has 2 N–H and O–H groups in total. The maximum absolute atomic E-state index is 11.9. The first-order chi connectivity index (χ1) is 14.3. The second-order valence-corrected chi connectivity index (χ2v) is 7.44. The van der Waals surface area contributed by atoms with Gasteiger partial charge in [-0.05, 0) is 65.9 Å². The highest BCUT2D eigenvalue weighted by atomic mass is 16.5. The molecule has 0 saturated heterocycles. The van der Waals surface area contributed by atoms with Crippen molar-refractivity contribution in [2.24, 2.45) is 5.92 Å². The summed E-state index contributed by atoms with van der Waals surface area (Å²) >= 11 is 0. The van der Waals surface area contributed by atoms with E-state index in [2.05, 4.69) is 6.92 Å². The first kappa shape index (κ1) is 22.9. The van der Waals surface area contributed by atoms with E-state index in [-0.39, 0.29) is 29.5 Å². The zero-order valence-corrected chi connectivity index (χ0v) is 17.6. The third kappa shape index (κ3) is 7.95. The molecular formula is C25H28O5. The molecule has 0 aliphatic heterocycles. The van der Waals surface area contributed by atoms with Crippen molar-refractivity contribution < 1.29 is 24.5 Å². The number of phenols is 2. The van der Waals surface area contributed by atoms with Crippen LogP contribution >= 0.6 is 0 Å². The van der Waals surface area contributed by atoms with E-state index in [1.165, 1.54) is 38.2 Å². The van der Waals surface area contributed by atoms with Crippen LogP contribution in [-0.4, -0.2) is 28.9 Å². The molecule has 0 amide bonds. The van der Waals surface area contributed by atoms with Gasteiger partial charge < -0.3 is 14.9 Å². The number of allylic oxidation sites excluding steroid dienone is 2. The molecule has 1 saturated carbocycles. The van der Waals surface area contributed by atoms with Crippen LogP contribution in [0.15, 0.2) is 48.6 Å². The van der Waals surface area contributed by atoms with Gasteiger partial charge in [0.05, 0.1) is 13.5 Å². The molecule has 0 spiro atoms. The van der Waals surface area contributed by atoms with Crippen molar-refractivity contribution in [1.82, 2.24) is 0 Å². The Morgan fingerprint density at radius 3 is 1.93 bits per heavy atom. The highest BCUT2D eigenvalue weighted by Crippen LogP contribution is 2.27. The van der Waals surface area contributed by atoms with Crippen LogP contribution in [0.2, 0.25) is 0 Å². The number of methoxy groups -OCH3 is 1. The van der Waals surface area contributed by atoms with Gasteiger partial charge in [-0.2, -0.15) is 0 Å². The van der Waals surface area contributed by atoms with Gasteiger partial charge in [0.15, 0.2) is 23.1 Å². The minimum atomic E-state index is -0.325. The molecule has 0 heterocycles. The summed E-state index contributed by atoms with van der Waals surface area (Å²) in [5.41, 5.74) is 2.16. The predicted molar refractivity (Wildman–Crippen MR) is 119 cm³/mol. The Balaban J connectivity index is 0.000000713. The van der Waals surface area contributed by atoms with Crippen LogP contribution in [0.3, 0.4) is 0 Å². The number of carbonyl (C=O) groups excluding carboxylic acids is 2. The molecule has 0 unspecified atom stereocenters. The van der Waals surface area contributed by atoms with Gasteiger partial charge in [0, 0.05) is 0 Å². The van der Waals surface area contributed by atoms with Crippen molar-refractivity contribution in [2.75, 3.05) is 7.11 Å². The number of carbonyl (C=O) groups is 2. The third-order valence-corrected chi connectivity index (χ3v) is 4.56. The number of hydrogen-bond donors (Lipinski definition) is 2. The van der Waals surface area contributed by atoms with Crippen LogP contribution in [0.5, 0.6) is 17.2 Å². The minimum absolute atomic E-state index is 0.0146. The molecule has 30 heavy (non-hydrogen) atoms. The number of benzene rings is 2. The van der Waals surface area contributed by atoms with E-state index in [0.717, 1.165) is 11.5 Å². The summed E-state index contributed by atoms with van der Waals surface area (Å²) in [7, 11) is 1.44. The fourth-order valence-corrected chi connectivity index (χ4v) is 2.41. The van der Waals surface area contributed by atoms with Gasteiger partial charge in [0.25, 0.3) is 0 Å². The van der Waals surface area contributed by atoms with Gasteiger partial charge in [-0.1, -0.05) is 44.1 Å². The normalized spacial score (nSPS) is 13.2. The number of hydrogen-bond acceptors (Lipinski definition) is 5. The smallest absolute Gasteiger partial charge is 0.163 e. The molecule has 2 aromatic rings. The van der Waals surface area contributed by atoms with Gasteiger partial charge in [0.1, 0.15) is 5.75 Å². The summed E-state index contributed by atoms with van der Waals surface area (Å²) in [6, 6.07) is 9.69. The van der Waals surface area contributed by atoms with E-state index in [1.807, 2.05) is 0 Å². The molecule has 2 aromatic carbocycles. The van der Waals surface area contributed by atoms with Crippen LogP contribution < -0.4 is 4.74 Å². The lowest BCUT2D eigenvalue weighted by Gasteiger charge is -2.03. The van der Waals surface area contributed by atoms with Gasteiger partial charge in [-0.25, -0.2) is 0 Å². The predicted octanol–water partition coefficient (Wildman–Crippen LogP) is 5.09. The van der Waals surface area contributed by atoms with Crippen LogP contribution in [0.4, 0.5) is 0 Å². The molecule has 1 aliphatic carbocycles. The summed E-state index contributed by atoms with van der Waals surface area (Å²) in [6.45, 7) is 4.04. The van der Waals surface area contributed by atoms with Crippen molar-refractivity contribution in [3.05, 3.63) is 65.2 Å². The van der Waals surface area contributed by atoms with E-state index in [9.17, 15) is 19.8 Å². The number of ketones is 2. The Bertz CT molecular complexity index is 952. The standard InChI is InChI=1S/C21H20O5.C4H8/c1-14-11-15(5-9-19(14)24)3-7-17(22)13-18(23)8-4-16-6-10-20(25)21(12-16)26-2;1-4-2-3-4/h3-12,24-25H,13H2,1-2H3;4H,2-3H2,1H3/b7-3+,8-4+;. The molecule has 5 heteroatoms. The van der Waals surface area contributed by atoms with Crippen molar-refractivity contribution in [1.29, 1.82) is 0 Å².